The monoisotopic (exact) mass is 756 g/mol. The average Bonchev–Trinajstić information content (AvgIpc) is 3.41. The Bertz CT molecular complexity index is 1510. The van der Waals surface area contributed by atoms with Crippen LogP contribution in [0.1, 0.15) is 110 Å². The molecular weight excluding hydrogens is 692 g/mol. The molecule has 54 heavy (non-hydrogen) atoms. The van der Waals surface area contributed by atoms with Gasteiger partial charge in [0.2, 0.25) is 0 Å². The van der Waals surface area contributed by atoms with E-state index in [0.717, 1.165) is 19.3 Å². The van der Waals surface area contributed by atoms with E-state index in [1.807, 2.05) is 0 Å². The molecule has 1 heterocycles. The molecule has 0 aromatic heterocycles. The van der Waals surface area contributed by atoms with Gasteiger partial charge in [0.25, 0.3) is 0 Å². The van der Waals surface area contributed by atoms with E-state index in [4.69, 9.17) is 23.7 Å². The van der Waals surface area contributed by atoms with Gasteiger partial charge >= 0.3 is 11.9 Å². The fourth-order valence-corrected chi connectivity index (χ4v) is 11.5. The number of aliphatic hydroxyl groups is 4. The number of hydrogen-bond donors (Lipinski definition) is 4. The van der Waals surface area contributed by atoms with Gasteiger partial charge in [-0.15, -0.1) is 0 Å². The van der Waals surface area contributed by atoms with Crippen LogP contribution in [-0.4, -0.2) is 94.6 Å². The average molecular weight is 757 g/mol. The Labute approximate surface area is 320 Å². The second kappa shape index (κ2) is 16.1. The van der Waals surface area contributed by atoms with E-state index >= 15 is 0 Å². The van der Waals surface area contributed by atoms with Crippen molar-refractivity contribution < 1.29 is 53.7 Å². The third-order valence-electron chi connectivity index (χ3n) is 14.2. The van der Waals surface area contributed by atoms with Crippen molar-refractivity contribution in [1.29, 1.82) is 0 Å². The smallest absolute Gasteiger partial charge is 0.338 e. The first-order valence-electron chi connectivity index (χ1n) is 20.2. The van der Waals surface area contributed by atoms with Gasteiger partial charge in [-0.25, -0.2) is 4.79 Å². The molecule has 0 unspecified atom stereocenters. The summed E-state index contributed by atoms with van der Waals surface area (Å²) in [5, 5.41) is 45.9. The van der Waals surface area contributed by atoms with Crippen LogP contribution in [0.5, 0.6) is 5.75 Å². The maximum Gasteiger partial charge on any atom is 0.338 e. The molecule has 1 aliphatic heterocycles. The molecule has 4 N–H and O–H groups in total. The minimum Gasteiger partial charge on any atom is -0.497 e. The van der Waals surface area contributed by atoms with Gasteiger partial charge < -0.3 is 44.1 Å². The number of rotatable bonds is 11. The fraction of sp³-hybridized carbons (Fsp3) is 0.767. The number of methoxy groups -OCH3 is 1. The molecule has 6 rings (SSSR count). The topological polar surface area (TPSA) is 161 Å². The van der Waals surface area contributed by atoms with Crippen LogP contribution in [0.15, 0.2) is 35.9 Å². The number of carbonyl (C=O) groups excluding carboxylic acids is 2. The van der Waals surface area contributed by atoms with E-state index in [9.17, 15) is 30.0 Å². The van der Waals surface area contributed by atoms with Gasteiger partial charge in [0.1, 0.15) is 11.9 Å². The Morgan fingerprint density at radius 1 is 1.02 bits per heavy atom. The summed E-state index contributed by atoms with van der Waals surface area (Å²) in [5.41, 5.74) is 0.875. The van der Waals surface area contributed by atoms with Crippen LogP contribution in [0.2, 0.25) is 0 Å². The van der Waals surface area contributed by atoms with Crippen LogP contribution in [0.3, 0.4) is 0 Å². The summed E-state index contributed by atoms with van der Waals surface area (Å²) in [6.07, 6.45) is 0.0660. The second-order valence-electron chi connectivity index (χ2n) is 18.1. The highest BCUT2D eigenvalue weighted by atomic mass is 16.7. The molecule has 302 valence electrons. The predicted molar refractivity (Wildman–Crippen MR) is 200 cm³/mol. The molecule has 16 atom stereocenters. The summed E-state index contributed by atoms with van der Waals surface area (Å²) >= 11 is 0. The standard InChI is InChI=1S/C43H64O11/c1-22(2)9-16-32(46)23(3)35-34(20-31-30-15-12-27-19-28(45)17-18-42(27,6)36(30)33(47)21-43(31,35)7)53-41-39(52-25(5)44)38(37(48)24(4)51-41)54-40(49)26-10-13-29(50-8)14-11-26/h10-14,22-24,28,30-39,41,45-48H,9,15-21H2,1-8H3/t23-,24+,28+,30+,31+,32-,33-,34+,35+,36-,37+,38-,39-,41+,42+,43+/m1/s1. The number of aliphatic hydroxyl groups excluding tert-OH is 4. The number of fused-ring (bicyclic) bond motifs is 5. The van der Waals surface area contributed by atoms with Crippen LogP contribution in [0.4, 0.5) is 0 Å². The maximum atomic E-state index is 13.4. The van der Waals surface area contributed by atoms with E-state index < -0.39 is 66.4 Å². The molecule has 1 aromatic carbocycles. The van der Waals surface area contributed by atoms with E-state index in [1.165, 1.54) is 19.6 Å². The Morgan fingerprint density at radius 3 is 2.37 bits per heavy atom. The number of esters is 2. The summed E-state index contributed by atoms with van der Waals surface area (Å²) in [6.45, 7) is 13.8. The summed E-state index contributed by atoms with van der Waals surface area (Å²) in [7, 11) is 1.53. The highest BCUT2D eigenvalue weighted by Crippen LogP contribution is 2.68. The molecular formula is C43H64O11. The van der Waals surface area contributed by atoms with Crippen molar-refractivity contribution in [3.63, 3.8) is 0 Å². The minimum absolute atomic E-state index is 0.0280. The maximum absolute atomic E-state index is 13.4. The molecule has 1 aromatic rings. The molecule has 5 aliphatic rings. The first kappa shape index (κ1) is 41.1. The lowest BCUT2D eigenvalue weighted by Gasteiger charge is -2.60. The zero-order valence-corrected chi connectivity index (χ0v) is 33.4. The van der Waals surface area contributed by atoms with Crippen molar-refractivity contribution in [3.8, 4) is 5.75 Å². The van der Waals surface area contributed by atoms with Crippen molar-refractivity contribution >= 4 is 11.9 Å². The highest BCUT2D eigenvalue weighted by molar-refractivity contribution is 5.89. The Kier molecular flexibility index (Phi) is 12.3. The Balaban J connectivity index is 1.33. The van der Waals surface area contributed by atoms with Gasteiger partial charge in [-0.05, 0) is 129 Å². The molecule has 0 radical (unpaired) electrons. The van der Waals surface area contributed by atoms with Gasteiger partial charge in [-0.1, -0.05) is 46.3 Å². The van der Waals surface area contributed by atoms with Gasteiger partial charge in [0, 0.05) is 6.92 Å². The van der Waals surface area contributed by atoms with Crippen LogP contribution in [0.25, 0.3) is 0 Å². The molecule has 3 saturated carbocycles. The lowest BCUT2D eigenvalue weighted by molar-refractivity contribution is -0.311. The lowest BCUT2D eigenvalue weighted by Crippen LogP contribution is -2.61. The quantitative estimate of drug-likeness (QED) is 0.165. The fourth-order valence-electron chi connectivity index (χ4n) is 11.5. The minimum atomic E-state index is -1.32. The Morgan fingerprint density at radius 2 is 1.72 bits per heavy atom. The summed E-state index contributed by atoms with van der Waals surface area (Å²) in [4.78, 5) is 26.0. The van der Waals surface area contributed by atoms with Crippen molar-refractivity contribution in [2.75, 3.05) is 7.11 Å². The molecule has 11 heteroatoms. The number of hydrogen-bond acceptors (Lipinski definition) is 11. The van der Waals surface area contributed by atoms with Gasteiger partial charge in [-0.2, -0.15) is 0 Å². The lowest BCUT2D eigenvalue weighted by atomic mass is 9.46. The summed E-state index contributed by atoms with van der Waals surface area (Å²) in [5.74, 6) is -0.435. The zero-order chi connectivity index (χ0) is 39.3. The van der Waals surface area contributed by atoms with Crippen LogP contribution in [0, 0.1) is 46.3 Å². The molecule has 11 nitrogen and oxygen atoms in total. The number of benzene rings is 1. The summed E-state index contributed by atoms with van der Waals surface area (Å²) < 4.78 is 30.2. The van der Waals surface area contributed by atoms with E-state index in [0.29, 0.717) is 43.8 Å². The molecule has 0 amide bonds. The molecule has 0 bridgehead atoms. The normalized spacial score (nSPS) is 41.5. The third-order valence-corrected chi connectivity index (χ3v) is 14.2. The molecule has 4 fully saturated rings. The number of ether oxygens (including phenoxy) is 5. The van der Waals surface area contributed by atoms with E-state index in [1.54, 1.807) is 31.2 Å². The van der Waals surface area contributed by atoms with Crippen molar-refractivity contribution in [1.82, 2.24) is 0 Å². The first-order valence-corrected chi connectivity index (χ1v) is 20.2. The predicted octanol–water partition coefficient (Wildman–Crippen LogP) is 5.60. The van der Waals surface area contributed by atoms with Gasteiger partial charge in [0.15, 0.2) is 18.5 Å². The van der Waals surface area contributed by atoms with Crippen LogP contribution >= 0.6 is 0 Å². The molecule has 0 spiro atoms. The van der Waals surface area contributed by atoms with Crippen molar-refractivity contribution in [2.24, 2.45) is 46.3 Å². The van der Waals surface area contributed by atoms with E-state index in [-0.39, 0.29) is 46.7 Å². The SMILES string of the molecule is COc1ccc(C(=O)O[C@@H]2[C@@H](O)[C@H](C)O[C@@H](O[C@H]3C[C@H]4[C@@H]5CC=C6C[C@@H](O)CC[C@]6(C)[C@H]5[C@H](O)C[C@]4(C)[C@H]3[C@H](C)[C@H](O)CCC(C)C)[C@@H]2OC(C)=O)cc1. The largest absolute Gasteiger partial charge is 0.497 e. The second-order valence-corrected chi connectivity index (χ2v) is 18.1. The van der Waals surface area contributed by atoms with Crippen molar-refractivity contribution in [3.05, 3.63) is 41.5 Å². The van der Waals surface area contributed by atoms with Gasteiger partial charge in [0.05, 0.1) is 43.2 Å². The first-order chi connectivity index (χ1) is 25.5. The number of carbonyl (C=O) groups is 2. The highest BCUT2D eigenvalue weighted by Gasteiger charge is 2.66. The number of allylic oxidation sites excluding steroid dienone is 1. The van der Waals surface area contributed by atoms with Crippen LogP contribution in [-0.2, 0) is 23.7 Å². The summed E-state index contributed by atoms with van der Waals surface area (Å²) in [6, 6.07) is 6.39. The molecule has 4 aliphatic carbocycles. The zero-order valence-electron chi connectivity index (χ0n) is 33.4. The van der Waals surface area contributed by atoms with Crippen LogP contribution < -0.4 is 4.74 Å². The molecule has 1 saturated heterocycles. The third kappa shape index (κ3) is 7.75. The van der Waals surface area contributed by atoms with Crippen molar-refractivity contribution in [2.45, 2.75) is 155 Å². The Hall–Kier alpha value is -2.54. The van der Waals surface area contributed by atoms with Gasteiger partial charge in [-0.3, -0.25) is 4.79 Å². The van der Waals surface area contributed by atoms with E-state index in [2.05, 4.69) is 40.7 Å².